The standard InChI is InChI=1S/C31H53N11O3/c1-24-21-28(37-26-11-19-41(20-12-26)29(43)9-16-33-17-10-30(44)45)38-31(36-24)35-22-27-23-42(40-39-27)18-6-14-32-13-5-15-34-25-7-3-2-4-8-25/h21,23,25-26,32-34H,2-20,22H2,1H3,(H,44,45)(H2,35,36,37,38). The van der Waals surface area contributed by atoms with Crippen molar-refractivity contribution in [1.82, 2.24) is 45.8 Å². The van der Waals surface area contributed by atoms with Crippen LogP contribution >= 0.6 is 0 Å². The van der Waals surface area contributed by atoms with Crippen molar-refractivity contribution in [2.24, 2.45) is 0 Å². The topological polar surface area (TPSA) is 174 Å². The largest absolute Gasteiger partial charge is 0.481 e. The fraction of sp³-hybridized carbons (Fsp3) is 0.742. The SMILES string of the molecule is Cc1cc(NC2CCN(C(=O)CCNCCC(=O)O)CC2)nc(NCc2cn(CCCNCCCNC3CCCCC3)nn2)n1. The molecule has 1 saturated heterocycles. The van der Waals surface area contributed by atoms with E-state index in [0.29, 0.717) is 45.1 Å². The number of aryl methyl sites for hydroxylation is 2. The van der Waals surface area contributed by atoms with Gasteiger partial charge in [0.1, 0.15) is 11.5 Å². The van der Waals surface area contributed by atoms with Crippen molar-refractivity contribution in [3.8, 4) is 0 Å². The van der Waals surface area contributed by atoms with E-state index in [9.17, 15) is 9.59 Å². The molecule has 14 nitrogen and oxygen atoms in total. The molecular formula is C31H53N11O3. The monoisotopic (exact) mass is 627 g/mol. The Morgan fingerprint density at radius 3 is 2.47 bits per heavy atom. The summed E-state index contributed by atoms with van der Waals surface area (Å²) in [5, 5.41) is 34.3. The molecule has 1 aliphatic carbocycles. The maximum atomic E-state index is 12.5. The summed E-state index contributed by atoms with van der Waals surface area (Å²) in [5.41, 5.74) is 1.70. The first kappa shape index (κ1) is 34.5. The number of aromatic nitrogens is 5. The van der Waals surface area contributed by atoms with Crippen molar-refractivity contribution in [3.63, 3.8) is 0 Å². The number of carbonyl (C=O) groups is 2. The molecule has 2 fully saturated rings. The third-order valence-corrected chi connectivity index (χ3v) is 8.41. The van der Waals surface area contributed by atoms with Gasteiger partial charge in [-0.3, -0.25) is 14.3 Å². The number of carboxylic acids is 1. The molecule has 0 aromatic carbocycles. The van der Waals surface area contributed by atoms with E-state index in [0.717, 1.165) is 75.1 Å². The highest BCUT2D eigenvalue weighted by molar-refractivity contribution is 5.76. The first-order valence-corrected chi connectivity index (χ1v) is 16.8. The lowest BCUT2D eigenvalue weighted by molar-refractivity contribution is -0.136. The highest BCUT2D eigenvalue weighted by Crippen LogP contribution is 2.19. The Morgan fingerprint density at radius 1 is 0.911 bits per heavy atom. The number of hydrogen-bond donors (Lipinski definition) is 6. The number of nitrogens with one attached hydrogen (secondary N) is 5. The Balaban J connectivity index is 1.08. The molecule has 1 aliphatic heterocycles. The van der Waals surface area contributed by atoms with Crippen molar-refractivity contribution >= 4 is 23.6 Å². The van der Waals surface area contributed by atoms with Gasteiger partial charge >= 0.3 is 5.97 Å². The Morgan fingerprint density at radius 2 is 1.67 bits per heavy atom. The molecule has 14 heteroatoms. The van der Waals surface area contributed by atoms with E-state index in [1.54, 1.807) is 0 Å². The van der Waals surface area contributed by atoms with Gasteiger partial charge in [-0.15, -0.1) is 5.10 Å². The molecule has 0 atom stereocenters. The molecule has 0 unspecified atom stereocenters. The molecule has 250 valence electrons. The summed E-state index contributed by atoms with van der Waals surface area (Å²) in [6.45, 7) is 8.59. The molecule has 4 rings (SSSR count). The van der Waals surface area contributed by atoms with E-state index in [1.165, 1.54) is 32.1 Å². The zero-order valence-corrected chi connectivity index (χ0v) is 26.9. The van der Waals surface area contributed by atoms with Gasteiger partial charge in [0.05, 0.1) is 19.2 Å². The zero-order chi connectivity index (χ0) is 31.7. The van der Waals surface area contributed by atoms with Crippen LogP contribution in [0.25, 0.3) is 0 Å². The van der Waals surface area contributed by atoms with Gasteiger partial charge in [-0.2, -0.15) is 4.98 Å². The van der Waals surface area contributed by atoms with Crippen LogP contribution in [0, 0.1) is 6.92 Å². The lowest BCUT2D eigenvalue weighted by atomic mass is 9.95. The molecule has 45 heavy (non-hydrogen) atoms. The van der Waals surface area contributed by atoms with Crippen LogP contribution in [0.5, 0.6) is 0 Å². The van der Waals surface area contributed by atoms with Crippen LogP contribution in [0.2, 0.25) is 0 Å². The number of piperidine rings is 1. The first-order valence-electron chi connectivity index (χ1n) is 16.8. The molecule has 1 saturated carbocycles. The Labute approximate surface area is 266 Å². The minimum Gasteiger partial charge on any atom is -0.481 e. The van der Waals surface area contributed by atoms with Crippen molar-refractivity contribution in [3.05, 3.63) is 23.7 Å². The second kappa shape index (κ2) is 19.2. The molecule has 6 N–H and O–H groups in total. The molecule has 0 bridgehead atoms. The van der Waals surface area contributed by atoms with Gasteiger partial charge in [0.15, 0.2) is 0 Å². The van der Waals surface area contributed by atoms with Gasteiger partial charge in [-0.05, 0) is 65.1 Å². The summed E-state index contributed by atoms with van der Waals surface area (Å²) in [5.74, 6) is 0.560. The fourth-order valence-electron chi connectivity index (χ4n) is 5.89. The smallest absolute Gasteiger partial charge is 0.304 e. The van der Waals surface area contributed by atoms with Crippen LogP contribution in [-0.2, 0) is 22.7 Å². The normalized spacial score (nSPS) is 16.2. The highest BCUT2D eigenvalue weighted by atomic mass is 16.4. The van der Waals surface area contributed by atoms with Gasteiger partial charge in [0.2, 0.25) is 11.9 Å². The summed E-state index contributed by atoms with van der Waals surface area (Å²) >= 11 is 0. The number of nitrogens with zero attached hydrogens (tertiary/aromatic N) is 6. The number of rotatable bonds is 20. The number of amides is 1. The van der Waals surface area contributed by atoms with Gasteiger partial charge in [-0.25, -0.2) is 4.98 Å². The molecule has 0 radical (unpaired) electrons. The maximum Gasteiger partial charge on any atom is 0.304 e. The first-order chi connectivity index (χ1) is 21.9. The number of anilines is 2. The van der Waals surface area contributed by atoms with E-state index in [1.807, 2.05) is 28.8 Å². The lowest BCUT2D eigenvalue weighted by Gasteiger charge is -2.32. The van der Waals surface area contributed by atoms with Gasteiger partial charge in [0.25, 0.3) is 0 Å². The zero-order valence-electron chi connectivity index (χ0n) is 26.9. The van der Waals surface area contributed by atoms with Crippen LogP contribution in [-0.4, -0.2) is 105 Å². The van der Waals surface area contributed by atoms with Crippen LogP contribution in [0.1, 0.15) is 82.0 Å². The van der Waals surface area contributed by atoms with E-state index in [-0.39, 0.29) is 18.4 Å². The van der Waals surface area contributed by atoms with Crippen molar-refractivity contribution < 1.29 is 14.7 Å². The molecule has 2 aliphatic rings. The minimum atomic E-state index is -0.841. The van der Waals surface area contributed by atoms with Crippen LogP contribution < -0.4 is 26.6 Å². The molecule has 3 heterocycles. The average molecular weight is 628 g/mol. The predicted molar refractivity (Wildman–Crippen MR) is 174 cm³/mol. The van der Waals surface area contributed by atoms with E-state index in [4.69, 9.17) is 5.11 Å². The summed E-state index contributed by atoms with van der Waals surface area (Å²) in [6, 6.07) is 2.89. The van der Waals surface area contributed by atoms with E-state index >= 15 is 0 Å². The molecule has 2 aromatic rings. The van der Waals surface area contributed by atoms with Gasteiger partial charge < -0.3 is 36.6 Å². The number of carboxylic acid groups (broad SMARTS) is 1. The second-order valence-electron chi connectivity index (χ2n) is 12.2. The quantitative estimate of drug-likeness (QED) is 0.118. The van der Waals surface area contributed by atoms with Crippen molar-refractivity contribution in [2.75, 3.05) is 56.4 Å². The summed E-state index contributed by atoms with van der Waals surface area (Å²) < 4.78 is 1.89. The Bertz CT molecular complexity index is 1160. The summed E-state index contributed by atoms with van der Waals surface area (Å²) in [4.78, 5) is 34.2. The van der Waals surface area contributed by atoms with E-state index < -0.39 is 5.97 Å². The predicted octanol–water partition coefficient (Wildman–Crippen LogP) is 2.14. The number of aliphatic carboxylic acids is 1. The third kappa shape index (κ3) is 13.3. The third-order valence-electron chi connectivity index (χ3n) is 8.41. The number of carbonyl (C=O) groups excluding carboxylic acids is 1. The van der Waals surface area contributed by atoms with Gasteiger partial charge in [0, 0.05) is 63.0 Å². The second-order valence-corrected chi connectivity index (χ2v) is 12.2. The summed E-state index contributed by atoms with van der Waals surface area (Å²) in [6.07, 6.45) is 13.1. The number of hydrogen-bond acceptors (Lipinski definition) is 11. The molecule has 1 amide bonds. The van der Waals surface area contributed by atoms with Crippen molar-refractivity contribution in [1.29, 1.82) is 0 Å². The Kier molecular flexibility index (Phi) is 14.7. The summed E-state index contributed by atoms with van der Waals surface area (Å²) in [7, 11) is 0. The van der Waals surface area contributed by atoms with Crippen LogP contribution in [0.4, 0.5) is 11.8 Å². The lowest BCUT2D eigenvalue weighted by Crippen LogP contribution is -2.43. The molecule has 0 spiro atoms. The van der Waals surface area contributed by atoms with E-state index in [2.05, 4.69) is 46.9 Å². The van der Waals surface area contributed by atoms with Gasteiger partial charge in [-0.1, -0.05) is 24.5 Å². The fourth-order valence-corrected chi connectivity index (χ4v) is 5.89. The number of likely N-dealkylation sites (tertiary alicyclic amines) is 1. The average Bonchev–Trinajstić information content (AvgIpc) is 3.49. The molecule has 2 aromatic heterocycles. The maximum absolute atomic E-state index is 12.5. The Hall–Kier alpha value is -3.36. The van der Waals surface area contributed by atoms with Crippen molar-refractivity contribution in [2.45, 2.75) is 103 Å². The highest BCUT2D eigenvalue weighted by Gasteiger charge is 2.23. The van der Waals surface area contributed by atoms with Crippen LogP contribution in [0.3, 0.4) is 0 Å². The minimum absolute atomic E-state index is 0.0591. The van der Waals surface area contributed by atoms with Crippen LogP contribution in [0.15, 0.2) is 12.3 Å². The molecular weight excluding hydrogens is 574 g/mol.